The van der Waals surface area contributed by atoms with E-state index in [0.29, 0.717) is 11.3 Å². The average molecular weight is 262 g/mol. The Bertz CT molecular complexity index is 472. The molecule has 0 atom stereocenters. The number of aromatic nitrogens is 1. The summed E-state index contributed by atoms with van der Waals surface area (Å²) in [5.74, 6) is -1.80. The maximum Gasteiger partial charge on any atom is 0.379 e. The SMILES string of the molecule is COC(=O)C(=O)c1c(C)nc(Cl)c(C)c1Cl. The standard InChI is InChI=1S/C10H9Cl2NO3/c1-4-7(11)6(5(2)13-9(4)12)8(14)10(15)16-3/h1-3H3. The number of aryl methyl sites for hydroxylation is 1. The number of pyridine rings is 1. The van der Waals surface area contributed by atoms with E-state index in [1.54, 1.807) is 13.8 Å². The maximum absolute atomic E-state index is 11.6. The van der Waals surface area contributed by atoms with Crippen molar-refractivity contribution in [2.24, 2.45) is 0 Å². The van der Waals surface area contributed by atoms with E-state index in [-0.39, 0.29) is 15.7 Å². The molecule has 0 aromatic carbocycles. The minimum Gasteiger partial charge on any atom is -0.463 e. The number of rotatable bonds is 2. The van der Waals surface area contributed by atoms with Crippen LogP contribution in [0.15, 0.2) is 0 Å². The van der Waals surface area contributed by atoms with Gasteiger partial charge in [-0.3, -0.25) is 4.79 Å². The summed E-state index contributed by atoms with van der Waals surface area (Å²) in [4.78, 5) is 26.7. The van der Waals surface area contributed by atoms with Crippen molar-refractivity contribution in [3.05, 3.63) is 27.0 Å². The lowest BCUT2D eigenvalue weighted by Crippen LogP contribution is -2.18. The zero-order chi connectivity index (χ0) is 12.5. The van der Waals surface area contributed by atoms with Gasteiger partial charge >= 0.3 is 5.97 Å². The molecular formula is C10H9Cl2NO3. The summed E-state index contributed by atoms with van der Waals surface area (Å²) < 4.78 is 4.34. The Hall–Kier alpha value is -1.13. The number of hydrogen-bond acceptors (Lipinski definition) is 4. The van der Waals surface area contributed by atoms with Crippen molar-refractivity contribution in [2.75, 3.05) is 7.11 Å². The Kier molecular flexibility index (Phi) is 3.88. The third kappa shape index (κ3) is 2.18. The molecule has 16 heavy (non-hydrogen) atoms. The molecule has 0 unspecified atom stereocenters. The summed E-state index contributed by atoms with van der Waals surface area (Å²) in [5.41, 5.74) is 0.799. The Balaban J connectivity index is 3.40. The van der Waals surface area contributed by atoms with Gasteiger partial charge in [-0.2, -0.15) is 0 Å². The molecule has 0 aliphatic rings. The third-order valence-corrected chi connectivity index (χ3v) is 2.92. The monoisotopic (exact) mass is 261 g/mol. The van der Waals surface area contributed by atoms with Crippen LogP contribution in [-0.4, -0.2) is 23.8 Å². The smallest absolute Gasteiger partial charge is 0.379 e. The molecule has 1 rings (SSSR count). The highest BCUT2D eigenvalue weighted by atomic mass is 35.5. The first-order chi connectivity index (χ1) is 7.40. The van der Waals surface area contributed by atoms with Gasteiger partial charge in [-0.05, 0) is 13.8 Å². The Morgan fingerprint density at radius 1 is 1.25 bits per heavy atom. The zero-order valence-electron chi connectivity index (χ0n) is 8.93. The molecule has 6 heteroatoms. The van der Waals surface area contributed by atoms with E-state index in [2.05, 4.69) is 9.72 Å². The lowest BCUT2D eigenvalue weighted by molar-refractivity contribution is -0.135. The molecule has 1 heterocycles. The molecule has 86 valence electrons. The van der Waals surface area contributed by atoms with Gasteiger partial charge < -0.3 is 4.74 Å². The summed E-state index contributed by atoms with van der Waals surface area (Å²) in [7, 11) is 1.12. The summed E-state index contributed by atoms with van der Waals surface area (Å²) in [6.07, 6.45) is 0. The fraction of sp³-hybridized carbons (Fsp3) is 0.300. The molecule has 1 aromatic heterocycles. The van der Waals surface area contributed by atoms with E-state index in [1.807, 2.05) is 0 Å². The molecule has 0 radical (unpaired) electrons. The van der Waals surface area contributed by atoms with Crippen molar-refractivity contribution >= 4 is 35.0 Å². The lowest BCUT2D eigenvalue weighted by atomic mass is 10.1. The van der Waals surface area contributed by atoms with Gasteiger partial charge in [0, 0.05) is 5.56 Å². The van der Waals surface area contributed by atoms with Crippen LogP contribution >= 0.6 is 23.2 Å². The predicted octanol–water partition coefficient (Wildman–Crippen LogP) is 2.36. The molecule has 0 amide bonds. The molecule has 4 nitrogen and oxygen atoms in total. The fourth-order valence-corrected chi connectivity index (χ4v) is 1.76. The van der Waals surface area contributed by atoms with E-state index >= 15 is 0 Å². The van der Waals surface area contributed by atoms with E-state index in [9.17, 15) is 9.59 Å². The second kappa shape index (κ2) is 4.80. The van der Waals surface area contributed by atoms with Crippen LogP contribution in [0.4, 0.5) is 0 Å². The Morgan fingerprint density at radius 2 is 1.81 bits per heavy atom. The van der Waals surface area contributed by atoms with Gasteiger partial charge in [-0.25, -0.2) is 9.78 Å². The van der Waals surface area contributed by atoms with Crippen LogP contribution in [0, 0.1) is 13.8 Å². The van der Waals surface area contributed by atoms with Gasteiger partial charge in [0.1, 0.15) is 5.15 Å². The van der Waals surface area contributed by atoms with Gasteiger partial charge in [-0.1, -0.05) is 23.2 Å². The lowest BCUT2D eigenvalue weighted by Gasteiger charge is -2.09. The molecule has 0 fully saturated rings. The first-order valence-electron chi connectivity index (χ1n) is 4.35. The number of ketones is 1. The van der Waals surface area contributed by atoms with Crippen LogP contribution in [0.5, 0.6) is 0 Å². The van der Waals surface area contributed by atoms with Crippen molar-refractivity contribution in [3.8, 4) is 0 Å². The molecule has 1 aromatic rings. The number of carbonyl (C=O) groups is 2. The molecule has 0 N–H and O–H groups in total. The molecule has 0 aliphatic heterocycles. The van der Waals surface area contributed by atoms with E-state index in [4.69, 9.17) is 23.2 Å². The van der Waals surface area contributed by atoms with E-state index in [0.717, 1.165) is 7.11 Å². The number of nitrogens with zero attached hydrogens (tertiary/aromatic N) is 1. The highest BCUT2D eigenvalue weighted by Gasteiger charge is 2.24. The number of carbonyl (C=O) groups excluding carboxylic acids is 2. The Labute approximate surface area is 103 Å². The highest BCUT2D eigenvalue weighted by Crippen LogP contribution is 2.28. The van der Waals surface area contributed by atoms with Crippen molar-refractivity contribution in [1.29, 1.82) is 0 Å². The van der Waals surface area contributed by atoms with Gasteiger partial charge in [-0.15, -0.1) is 0 Å². The normalized spacial score (nSPS) is 10.1. The largest absolute Gasteiger partial charge is 0.463 e. The summed E-state index contributed by atoms with van der Waals surface area (Å²) in [6, 6.07) is 0. The number of ether oxygens (including phenoxy) is 1. The molecule has 0 saturated heterocycles. The average Bonchev–Trinajstić information content (AvgIpc) is 2.24. The summed E-state index contributed by atoms with van der Waals surface area (Å²) in [6.45, 7) is 3.17. The van der Waals surface area contributed by atoms with Crippen molar-refractivity contribution in [2.45, 2.75) is 13.8 Å². The topological polar surface area (TPSA) is 56.3 Å². The minimum atomic E-state index is -0.978. The highest BCUT2D eigenvalue weighted by molar-refractivity contribution is 6.46. The second-order valence-corrected chi connectivity index (χ2v) is 3.86. The third-order valence-electron chi connectivity index (χ3n) is 2.08. The van der Waals surface area contributed by atoms with Gasteiger partial charge in [0.2, 0.25) is 0 Å². The van der Waals surface area contributed by atoms with Crippen molar-refractivity contribution in [3.63, 3.8) is 0 Å². The number of methoxy groups -OCH3 is 1. The summed E-state index contributed by atoms with van der Waals surface area (Å²) in [5, 5.41) is 0.344. The van der Waals surface area contributed by atoms with Gasteiger partial charge in [0.05, 0.1) is 23.4 Å². The van der Waals surface area contributed by atoms with Crippen LogP contribution in [0.2, 0.25) is 10.2 Å². The van der Waals surface area contributed by atoms with Gasteiger partial charge in [0.25, 0.3) is 5.78 Å². The fourth-order valence-electron chi connectivity index (χ4n) is 1.18. The molecule has 0 aliphatic carbocycles. The molecule has 0 saturated carbocycles. The first kappa shape index (κ1) is 12.9. The number of halogens is 2. The van der Waals surface area contributed by atoms with Crippen molar-refractivity contribution in [1.82, 2.24) is 4.98 Å². The maximum atomic E-state index is 11.6. The van der Waals surface area contributed by atoms with Crippen LogP contribution in [0.25, 0.3) is 0 Å². The van der Waals surface area contributed by atoms with Crippen LogP contribution < -0.4 is 0 Å². The Morgan fingerprint density at radius 3 is 2.31 bits per heavy atom. The van der Waals surface area contributed by atoms with Gasteiger partial charge in [0.15, 0.2) is 0 Å². The molecule has 0 bridgehead atoms. The first-order valence-corrected chi connectivity index (χ1v) is 5.10. The summed E-state index contributed by atoms with van der Waals surface area (Å²) >= 11 is 11.7. The molecule has 0 spiro atoms. The minimum absolute atomic E-state index is 0.0374. The van der Waals surface area contributed by atoms with E-state index in [1.165, 1.54) is 0 Å². The van der Waals surface area contributed by atoms with Crippen molar-refractivity contribution < 1.29 is 14.3 Å². The number of Topliss-reactive ketones (excluding diaryl/α,β-unsaturated/α-hetero) is 1. The van der Waals surface area contributed by atoms with E-state index < -0.39 is 11.8 Å². The van der Waals surface area contributed by atoms with Crippen LogP contribution in [0.3, 0.4) is 0 Å². The molecular weight excluding hydrogens is 253 g/mol. The van der Waals surface area contributed by atoms with Crippen LogP contribution in [0.1, 0.15) is 21.6 Å². The zero-order valence-corrected chi connectivity index (χ0v) is 10.4. The number of esters is 1. The van der Waals surface area contributed by atoms with Crippen LogP contribution in [-0.2, 0) is 9.53 Å². The second-order valence-electron chi connectivity index (χ2n) is 3.12. The predicted molar refractivity (Wildman–Crippen MR) is 60.1 cm³/mol. The number of hydrogen-bond donors (Lipinski definition) is 0. The quantitative estimate of drug-likeness (QED) is 0.355.